The van der Waals surface area contributed by atoms with E-state index in [-0.39, 0.29) is 18.6 Å². The van der Waals surface area contributed by atoms with E-state index in [0.717, 1.165) is 24.2 Å². The van der Waals surface area contributed by atoms with Crippen LogP contribution in [0, 0.1) is 0 Å². The van der Waals surface area contributed by atoms with Crippen LogP contribution in [-0.4, -0.2) is 42.2 Å². The summed E-state index contributed by atoms with van der Waals surface area (Å²) in [5.74, 6) is 0.728. The van der Waals surface area contributed by atoms with E-state index in [4.69, 9.17) is 9.84 Å². The highest BCUT2D eigenvalue weighted by Crippen LogP contribution is 2.13. The molecule has 0 bridgehead atoms. The summed E-state index contributed by atoms with van der Waals surface area (Å²) in [5, 5.41) is 9.14. The molecule has 0 aliphatic rings. The predicted molar refractivity (Wildman–Crippen MR) is 85.2 cm³/mol. The maximum atomic E-state index is 12.3. The van der Waals surface area contributed by atoms with Crippen LogP contribution in [0.4, 0.5) is 0 Å². The summed E-state index contributed by atoms with van der Waals surface area (Å²) in [6, 6.07) is 7.68. The highest BCUT2D eigenvalue weighted by molar-refractivity contribution is 5.92. The number of aliphatic hydroxyl groups excluding tert-OH is 1. The molecule has 1 amide bonds. The molecule has 0 heterocycles. The molecule has 0 fully saturated rings. The van der Waals surface area contributed by atoms with E-state index in [9.17, 15) is 4.79 Å². The van der Waals surface area contributed by atoms with Crippen LogP contribution < -0.4 is 4.74 Å². The first-order valence-corrected chi connectivity index (χ1v) is 7.39. The SMILES string of the molecule is CCC(CC)N(CCO)C(=O)C=Cc1ccc(OC)cc1. The van der Waals surface area contributed by atoms with E-state index in [1.54, 1.807) is 24.2 Å². The van der Waals surface area contributed by atoms with Crippen LogP contribution in [0.25, 0.3) is 6.08 Å². The summed E-state index contributed by atoms with van der Waals surface area (Å²) in [7, 11) is 1.62. The van der Waals surface area contributed by atoms with Crippen molar-refractivity contribution in [3.8, 4) is 5.75 Å². The first-order chi connectivity index (χ1) is 10.2. The zero-order chi connectivity index (χ0) is 15.7. The summed E-state index contributed by atoms with van der Waals surface area (Å²) in [6.07, 6.45) is 5.13. The lowest BCUT2D eigenvalue weighted by molar-refractivity contribution is -0.128. The number of carbonyl (C=O) groups excluding carboxylic acids is 1. The zero-order valence-electron chi connectivity index (χ0n) is 13.1. The number of aliphatic hydroxyl groups is 1. The van der Waals surface area contributed by atoms with E-state index in [0.29, 0.717) is 6.54 Å². The van der Waals surface area contributed by atoms with Crippen LogP contribution in [0.1, 0.15) is 32.3 Å². The van der Waals surface area contributed by atoms with Crippen molar-refractivity contribution in [1.29, 1.82) is 0 Å². The molecule has 0 aliphatic heterocycles. The van der Waals surface area contributed by atoms with Gasteiger partial charge in [-0.2, -0.15) is 0 Å². The Morgan fingerprint density at radius 3 is 2.38 bits per heavy atom. The van der Waals surface area contributed by atoms with Crippen LogP contribution in [0.5, 0.6) is 5.75 Å². The lowest BCUT2D eigenvalue weighted by Crippen LogP contribution is -2.40. The van der Waals surface area contributed by atoms with Gasteiger partial charge in [0.15, 0.2) is 0 Å². The Hall–Kier alpha value is -1.81. The highest BCUT2D eigenvalue weighted by Gasteiger charge is 2.18. The quantitative estimate of drug-likeness (QED) is 0.749. The number of methoxy groups -OCH3 is 1. The molecular weight excluding hydrogens is 266 g/mol. The van der Waals surface area contributed by atoms with E-state index in [2.05, 4.69) is 13.8 Å². The van der Waals surface area contributed by atoms with Gasteiger partial charge < -0.3 is 14.7 Å². The van der Waals surface area contributed by atoms with Gasteiger partial charge in [0, 0.05) is 18.7 Å². The summed E-state index contributed by atoms with van der Waals surface area (Å²) >= 11 is 0. The summed E-state index contributed by atoms with van der Waals surface area (Å²) in [5.41, 5.74) is 0.942. The average molecular weight is 291 g/mol. The first-order valence-electron chi connectivity index (χ1n) is 7.39. The van der Waals surface area contributed by atoms with E-state index >= 15 is 0 Å². The second-order valence-electron chi connectivity index (χ2n) is 4.83. The van der Waals surface area contributed by atoms with Gasteiger partial charge in [-0.25, -0.2) is 0 Å². The molecule has 1 aromatic rings. The molecule has 0 spiro atoms. The Labute approximate surface area is 127 Å². The Balaban J connectivity index is 2.76. The third kappa shape index (κ3) is 5.23. The predicted octanol–water partition coefficient (Wildman–Crippen LogP) is 2.72. The molecule has 21 heavy (non-hydrogen) atoms. The summed E-state index contributed by atoms with van der Waals surface area (Å²) < 4.78 is 5.10. The average Bonchev–Trinajstić information content (AvgIpc) is 2.53. The van der Waals surface area contributed by atoms with E-state index < -0.39 is 0 Å². The molecule has 0 saturated heterocycles. The van der Waals surface area contributed by atoms with Crippen LogP contribution in [0.2, 0.25) is 0 Å². The van der Waals surface area contributed by atoms with Crippen molar-refractivity contribution in [2.75, 3.05) is 20.3 Å². The first kappa shape index (κ1) is 17.2. The maximum Gasteiger partial charge on any atom is 0.246 e. The molecule has 4 heteroatoms. The van der Waals surface area contributed by atoms with Gasteiger partial charge in [0.1, 0.15) is 5.75 Å². The Kier molecular flexibility index (Phi) is 7.54. The molecular formula is C17H25NO3. The fourth-order valence-electron chi connectivity index (χ4n) is 2.29. The number of nitrogens with zero attached hydrogens (tertiary/aromatic N) is 1. The van der Waals surface area contributed by atoms with Gasteiger partial charge >= 0.3 is 0 Å². The maximum absolute atomic E-state index is 12.3. The van der Waals surface area contributed by atoms with Crippen molar-refractivity contribution in [2.24, 2.45) is 0 Å². The number of benzene rings is 1. The minimum atomic E-state index is -0.0615. The smallest absolute Gasteiger partial charge is 0.246 e. The number of hydrogen-bond donors (Lipinski definition) is 1. The molecule has 0 aliphatic carbocycles. The van der Waals surface area contributed by atoms with Gasteiger partial charge in [0.05, 0.1) is 13.7 Å². The van der Waals surface area contributed by atoms with Crippen LogP contribution >= 0.6 is 0 Å². The molecule has 0 unspecified atom stereocenters. The molecule has 1 rings (SSSR count). The van der Waals surface area contributed by atoms with Crippen LogP contribution in [-0.2, 0) is 4.79 Å². The van der Waals surface area contributed by atoms with Gasteiger partial charge in [0.25, 0.3) is 0 Å². The van der Waals surface area contributed by atoms with Crippen molar-refractivity contribution in [1.82, 2.24) is 4.90 Å². The molecule has 0 radical (unpaired) electrons. The van der Waals surface area contributed by atoms with Gasteiger partial charge in [-0.15, -0.1) is 0 Å². The molecule has 0 aromatic heterocycles. The Morgan fingerprint density at radius 1 is 1.29 bits per heavy atom. The number of rotatable bonds is 8. The second-order valence-corrected chi connectivity index (χ2v) is 4.83. The molecule has 0 saturated carbocycles. The monoisotopic (exact) mass is 291 g/mol. The van der Waals surface area contributed by atoms with E-state index in [1.807, 2.05) is 24.3 Å². The fourth-order valence-corrected chi connectivity index (χ4v) is 2.29. The van der Waals surface area contributed by atoms with Crippen molar-refractivity contribution in [2.45, 2.75) is 32.7 Å². The lowest BCUT2D eigenvalue weighted by atomic mass is 10.1. The molecule has 4 nitrogen and oxygen atoms in total. The van der Waals surface area contributed by atoms with Crippen molar-refractivity contribution >= 4 is 12.0 Å². The van der Waals surface area contributed by atoms with Crippen molar-refractivity contribution in [3.05, 3.63) is 35.9 Å². The highest BCUT2D eigenvalue weighted by atomic mass is 16.5. The van der Waals surface area contributed by atoms with Crippen LogP contribution in [0.15, 0.2) is 30.3 Å². The molecule has 1 aromatic carbocycles. The normalized spacial score (nSPS) is 11.1. The zero-order valence-corrected chi connectivity index (χ0v) is 13.1. The van der Waals surface area contributed by atoms with Crippen LogP contribution in [0.3, 0.4) is 0 Å². The number of amides is 1. The van der Waals surface area contributed by atoms with E-state index in [1.165, 1.54) is 0 Å². The van der Waals surface area contributed by atoms with Gasteiger partial charge in [-0.3, -0.25) is 4.79 Å². The van der Waals surface area contributed by atoms with Crippen molar-refractivity contribution < 1.29 is 14.6 Å². The standard InChI is InChI=1S/C17H25NO3/c1-4-15(5-2)18(12-13-19)17(20)11-8-14-6-9-16(21-3)10-7-14/h6-11,15,19H,4-5,12-13H2,1-3H3. The Morgan fingerprint density at radius 2 is 1.90 bits per heavy atom. The third-order valence-corrected chi connectivity index (χ3v) is 3.54. The topological polar surface area (TPSA) is 49.8 Å². The fraction of sp³-hybridized carbons (Fsp3) is 0.471. The number of hydrogen-bond acceptors (Lipinski definition) is 3. The lowest BCUT2D eigenvalue weighted by Gasteiger charge is -2.29. The molecule has 1 N–H and O–H groups in total. The summed E-state index contributed by atoms with van der Waals surface area (Å²) in [4.78, 5) is 14.0. The molecule has 116 valence electrons. The van der Waals surface area contributed by atoms with Gasteiger partial charge in [-0.05, 0) is 36.6 Å². The van der Waals surface area contributed by atoms with Gasteiger partial charge in [0.2, 0.25) is 5.91 Å². The largest absolute Gasteiger partial charge is 0.497 e. The van der Waals surface area contributed by atoms with Crippen molar-refractivity contribution in [3.63, 3.8) is 0 Å². The van der Waals surface area contributed by atoms with Gasteiger partial charge in [-0.1, -0.05) is 26.0 Å². The number of carbonyl (C=O) groups is 1. The minimum absolute atomic E-state index is 0.0153. The number of ether oxygens (including phenoxy) is 1. The Bertz CT molecular complexity index is 450. The second kappa shape index (κ2) is 9.19. The minimum Gasteiger partial charge on any atom is -0.497 e. The third-order valence-electron chi connectivity index (χ3n) is 3.54. The summed E-state index contributed by atoms with van der Waals surface area (Å²) in [6.45, 7) is 4.47. The molecule has 0 atom stereocenters.